The van der Waals surface area contributed by atoms with Crippen molar-refractivity contribution in [2.45, 2.75) is 52.0 Å². The summed E-state index contributed by atoms with van der Waals surface area (Å²) in [5.41, 5.74) is 1.04. The van der Waals surface area contributed by atoms with Crippen molar-refractivity contribution in [1.82, 2.24) is 9.80 Å². The third-order valence-corrected chi connectivity index (χ3v) is 7.16. The summed E-state index contributed by atoms with van der Waals surface area (Å²) < 4.78 is 16.3. The maximum absolute atomic E-state index is 13.5. The van der Waals surface area contributed by atoms with Gasteiger partial charge in [0, 0.05) is 17.7 Å². The average molecular weight is 539 g/mol. The highest BCUT2D eigenvalue weighted by molar-refractivity contribution is 6.46. The molecular formula is C31H42N2O6. The Labute approximate surface area is 232 Å². The molecular weight excluding hydrogens is 496 g/mol. The SMILES string of the molecule is CCCCN(CCCC)CCCN1C(=O)C(=O)C(=C(O)c2ccc(OC)cc2)[C@H]1c1cc(OC)ccc1OC. The van der Waals surface area contributed by atoms with Gasteiger partial charge in [0.2, 0.25) is 0 Å². The molecule has 0 aliphatic carbocycles. The highest BCUT2D eigenvalue weighted by Crippen LogP contribution is 2.44. The zero-order chi connectivity index (χ0) is 28.4. The lowest BCUT2D eigenvalue weighted by Gasteiger charge is -2.28. The molecule has 1 aliphatic rings. The van der Waals surface area contributed by atoms with Crippen LogP contribution in [0.3, 0.4) is 0 Å². The van der Waals surface area contributed by atoms with E-state index in [1.165, 1.54) is 0 Å². The molecule has 39 heavy (non-hydrogen) atoms. The van der Waals surface area contributed by atoms with Crippen molar-refractivity contribution in [1.29, 1.82) is 0 Å². The number of methoxy groups -OCH3 is 3. The highest BCUT2D eigenvalue weighted by Gasteiger charge is 2.47. The van der Waals surface area contributed by atoms with Gasteiger partial charge in [-0.1, -0.05) is 26.7 Å². The Balaban J connectivity index is 2.02. The van der Waals surface area contributed by atoms with E-state index in [2.05, 4.69) is 18.7 Å². The lowest BCUT2D eigenvalue weighted by molar-refractivity contribution is -0.140. The molecule has 1 atom stereocenters. The van der Waals surface area contributed by atoms with Crippen molar-refractivity contribution in [3.8, 4) is 17.2 Å². The van der Waals surface area contributed by atoms with E-state index in [0.717, 1.165) is 45.3 Å². The summed E-state index contributed by atoms with van der Waals surface area (Å²) in [4.78, 5) is 30.9. The first-order valence-corrected chi connectivity index (χ1v) is 13.8. The van der Waals surface area contributed by atoms with Crippen molar-refractivity contribution >= 4 is 17.4 Å². The van der Waals surface area contributed by atoms with E-state index in [-0.39, 0.29) is 11.3 Å². The first kappa shape index (κ1) is 30.0. The average Bonchev–Trinajstić information content (AvgIpc) is 3.22. The predicted molar refractivity (Wildman–Crippen MR) is 152 cm³/mol. The van der Waals surface area contributed by atoms with Gasteiger partial charge in [-0.25, -0.2) is 0 Å². The number of ether oxygens (including phenoxy) is 3. The first-order valence-electron chi connectivity index (χ1n) is 13.8. The summed E-state index contributed by atoms with van der Waals surface area (Å²) in [6.07, 6.45) is 5.19. The van der Waals surface area contributed by atoms with Gasteiger partial charge in [-0.15, -0.1) is 0 Å². The third-order valence-electron chi connectivity index (χ3n) is 7.16. The number of Topliss-reactive ketones (excluding diaryl/α,β-unsaturated/α-hetero) is 1. The summed E-state index contributed by atoms with van der Waals surface area (Å²) >= 11 is 0. The highest BCUT2D eigenvalue weighted by atomic mass is 16.5. The molecule has 3 rings (SSSR count). The van der Waals surface area contributed by atoms with Crippen LogP contribution in [0.15, 0.2) is 48.0 Å². The molecule has 0 radical (unpaired) electrons. The molecule has 0 unspecified atom stereocenters. The van der Waals surface area contributed by atoms with Crippen LogP contribution in [0, 0.1) is 0 Å². The topological polar surface area (TPSA) is 88.5 Å². The molecule has 2 aromatic carbocycles. The summed E-state index contributed by atoms with van der Waals surface area (Å²) in [5, 5.41) is 11.4. The fourth-order valence-corrected chi connectivity index (χ4v) is 4.95. The number of benzene rings is 2. The molecule has 2 aromatic rings. The number of carbonyl (C=O) groups excluding carboxylic acids is 2. The molecule has 1 aliphatic heterocycles. The fraction of sp³-hybridized carbons (Fsp3) is 0.484. The van der Waals surface area contributed by atoms with Gasteiger partial charge in [-0.05, 0) is 81.4 Å². The third kappa shape index (κ3) is 7.12. The van der Waals surface area contributed by atoms with E-state index < -0.39 is 17.7 Å². The molecule has 1 fully saturated rings. The Morgan fingerprint density at radius 2 is 1.44 bits per heavy atom. The van der Waals surface area contributed by atoms with Crippen LogP contribution in [0.2, 0.25) is 0 Å². The Bertz CT molecular complexity index is 1140. The molecule has 0 aromatic heterocycles. The zero-order valence-electron chi connectivity index (χ0n) is 23.9. The maximum atomic E-state index is 13.5. The van der Waals surface area contributed by atoms with Crippen LogP contribution in [0.25, 0.3) is 5.76 Å². The summed E-state index contributed by atoms with van der Waals surface area (Å²) in [6.45, 7) is 7.58. The minimum atomic E-state index is -0.822. The number of unbranched alkanes of at least 4 members (excludes halogenated alkanes) is 2. The van der Waals surface area contributed by atoms with Crippen molar-refractivity contribution in [2.75, 3.05) is 47.5 Å². The Hall–Kier alpha value is -3.52. The number of aliphatic hydroxyl groups excluding tert-OH is 1. The zero-order valence-corrected chi connectivity index (χ0v) is 23.9. The van der Waals surface area contributed by atoms with Crippen molar-refractivity contribution in [3.63, 3.8) is 0 Å². The van der Waals surface area contributed by atoms with Gasteiger partial charge in [0.15, 0.2) is 0 Å². The van der Waals surface area contributed by atoms with Crippen molar-refractivity contribution < 1.29 is 28.9 Å². The van der Waals surface area contributed by atoms with Crippen LogP contribution < -0.4 is 14.2 Å². The quantitative estimate of drug-likeness (QED) is 0.184. The van der Waals surface area contributed by atoms with Crippen molar-refractivity contribution in [2.24, 2.45) is 0 Å². The number of carbonyl (C=O) groups is 2. The minimum Gasteiger partial charge on any atom is -0.507 e. The first-order chi connectivity index (χ1) is 18.9. The van der Waals surface area contributed by atoms with Crippen molar-refractivity contribution in [3.05, 3.63) is 59.2 Å². The lowest BCUT2D eigenvalue weighted by Crippen LogP contribution is -2.34. The van der Waals surface area contributed by atoms with Crippen LogP contribution in [0.4, 0.5) is 0 Å². The standard InChI is InChI=1S/C31H42N2O6/c1-6-8-17-32(18-9-7-2)19-10-20-33-28(25-21-24(38-4)15-16-26(25)39-5)27(30(35)31(33)36)29(34)22-11-13-23(37-3)14-12-22/h11-16,21,28,34H,6-10,17-20H2,1-5H3/t28-/m1/s1. The number of ketones is 1. The molecule has 1 saturated heterocycles. The van der Waals surface area contributed by atoms with Gasteiger partial charge in [0.25, 0.3) is 11.7 Å². The molecule has 0 spiro atoms. The predicted octanol–water partition coefficient (Wildman–Crippen LogP) is 5.43. The second kappa shape index (κ2) is 14.6. The second-order valence-corrected chi connectivity index (χ2v) is 9.73. The monoisotopic (exact) mass is 538 g/mol. The molecule has 1 N–H and O–H groups in total. The number of rotatable bonds is 15. The Kier molecular flexibility index (Phi) is 11.2. The molecule has 0 saturated carbocycles. The summed E-state index contributed by atoms with van der Waals surface area (Å²) in [5.74, 6) is 0.0993. The van der Waals surface area contributed by atoms with Crippen LogP contribution >= 0.6 is 0 Å². The number of aliphatic hydroxyl groups is 1. The minimum absolute atomic E-state index is 0.0329. The molecule has 1 amide bonds. The molecule has 8 nitrogen and oxygen atoms in total. The number of hydrogen-bond donors (Lipinski definition) is 1. The molecule has 8 heteroatoms. The Morgan fingerprint density at radius 1 is 0.846 bits per heavy atom. The molecule has 212 valence electrons. The summed E-state index contributed by atoms with van der Waals surface area (Å²) in [6, 6.07) is 11.2. The van der Waals surface area contributed by atoms with E-state index in [4.69, 9.17) is 14.2 Å². The van der Waals surface area contributed by atoms with Gasteiger partial charge < -0.3 is 29.1 Å². The fourth-order valence-electron chi connectivity index (χ4n) is 4.95. The van der Waals surface area contributed by atoms with Crippen LogP contribution in [-0.2, 0) is 9.59 Å². The molecule has 0 bridgehead atoms. The van der Waals surface area contributed by atoms with Gasteiger partial charge >= 0.3 is 0 Å². The number of nitrogens with zero attached hydrogens (tertiary/aromatic N) is 2. The van der Waals surface area contributed by atoms with Crippen LogP contribution in [-0.4, -0.2) is 74.1 Å². The van der Waals surface area contributed by atoms with Crippen LogP contribution in [0.1, 0.15) is 63.1 Å². The van der Waals surface area contributed by atoms with Gasteiger partial charge in [-0.2, -0.15) is 0 Å². The number of likely N-dealkylation sites (tertiary alicyclic amines) is 1. The van der Waals surface area contributed by atoms with E-state index in [9.17, 15) is 14.7 Å². The van der Waals surface area contributed by atoms with E-state index in [1.807, 2.05) is 0 Å². The van der Waals surface area contributed by atoms with Gasteiger partial charge in [-0.3, -0.25) is 9.59 Å². The molecule has 1 heterocycles. The van der Waals surface area contributed by atoms with Gasteiger partial charge in [0.05, 0.1) is 32.9 Å². The van der Waals surface area contributed by atoms with E-state index in [0.29, 0.717) is 41.3 Å². The van der Waals surface area contributed by atoms with Crippen LogP contribution in [0.5, 0.6) is 17.2 Å². The number of hydrogen-bond acceptors (Lipinski definition) is 7. The smallest absolute Gasteiger partial charge is 0.295 e. The van der Waals surface area contributed by atoms with Gasteiger partial charge in [0.1, 0.15) is 23.0 Å². The van der Waals surface area contributed by atoms with E-state index in [1.54, 1.807) is 68.7 Å². The number of amides is 1. The normalized spacial score (nSPS) is 16.7. The largest absolute Gasteiger partial charge is 0.507 e. The lowest BCUT2D eigenvalue weighted by atomic mass is 9.94. The Morgan fingerprint density at radius 3 is 2.00 bits per heavy atom. The maximum Gasteiger partial charge on any atom is 0.295 e. The van der Waals surface area contributed by atoms with E-state index >= 15 is 0 Å². The summed E-state index contributed by atoms with van der Waals surface area (Å²) in [7, 11) is 4.66. The second-order valence-electron chi connectivity index (χ2n) is 9.73.